The van der Waals surface area contributed by atoms with Crippen LogP contribution in [0.15, 0.2) is 60.7 Å². The molecule has 0 saturated carbocycles. The Morgan fingerprint density at radius 3 is 2.17 bits per heavy atom. The van der Waals surface area contributed by atoms with Crippen LogP contribution >= 0.6 is 0 Å². The minimum Gasteiger partial charge on any atom is -0.480 e. The summed E-state index contributed by atoms with van der Waals surface area (Å²) in [7, 11) is 0. The summed E-state index contributed by atoms with van der Waals surface area (Å²) in [6, 6.07) is 15.8. The van der Waals surface area contributed by atoms with Gasteiger partial charge in [-0.3, -0.25) is 14.5 Å². The average molecular weight is 397 g/mol. The molecule has 2 aromatic rings. The Kier molecular flexibility index (Phi) is 4.91. The number of hydrogen-bond donors (Lipinski definition) is 2. The second kappa shape index (κ2) is 7.40. The predicted octanol–water partition coefficient (Wildman–Crippen LogP) is 1.36. The zero-order valence-corrected chi connectivity index (χ0v) is 15.3. The Morgan fingerprint density at radius 2 is 1.59 bits per heavy atom. The van der Waals surface area contributed by atoms with Crippen LogP contribution in [0.1, 0.15) is 15.9 Å². The highest BCUT2D eigenvalue weighted by atomic mass is 16.8. The van der Waals surface area contributed by atoms with E-state index in [0.29, 0.717) is 11.1 Å². The van der Waals surface area contributed by atoms with Crippen molar-refractivity contribution in [2.75, 3.05) is 13.1 Å². The van der Waals surface area contributed by atoms with Crippen LogP contribution in [0, 0.1) is 0 Å². The smallest absolute Gasteiger partial charge is 0.335 e. The molecule has 0 aliphatic carbocycles. The summed E-state index contributed by atoms with van der Waals surface area (Å²) in [6.45, 7) is -0.505. The highest BCUT2D eigenvalue weighted by Gasteiger charge is 2.63. The lowest BCUT2D eigenvalue weighted by molar-refractivity contribution is -0.237. The third-order valence-electron chi connectivity index (χ3n) is 5.17. The maximum atomic E-state index is 13.5. The van der Waals surface area contributed by atoms with E-state index in [9.17, 15) is 24.6 Å². The molecule has 150 valence electrons. The molecule has 4 unspecified atom stereocenters. The zero-order valence-electron chi connectivity index (χ0n) is 15.3. The Labute approximate surface area is 166 Å². The zero-order chi connectivity index (χ0) is 20.6. The molecule has 8 nitrogen and oxygen atoms in total. The first-order chi connectivity index (χ1) is 13.9. The summed E-state index contributed by atoms with van der Waals surface area (Å²) < 4.78 is 12.0. The number of aliphatic carboxylic acids is 2. The number of Topliss-reactive ketones (excluding diaryl/α,β-unsaturated/α-hetero) is 1. The number of ether oxygens (including phenoxy) is 2. The number of hydrogen-bond acceptors (Lipinski definition) is 6. The van der Waals surface area contributed by atoms with E-state index in [1.165, 1.54) is 4.90 Å². The number of fused-ring (bicyclic) bond motifs is 2. The number of rotatable bonds is 6. The molecule has 2 aromatic carbocycles. The molecule has 2 saturated heterocycles. The Balaban J connectivity index is 1.87. The number of carboxylic acid groups (broad SMARTS) is 2. The van der Waals surface area contributed by atoms with Gasteiger partial charge in [0.2, 0.25) is 5.79 Å². The SMILES string of the molecule is O=C(O)CN1CC2OC(c3ccccc3)(OC2C(=O)O)C1C(=O)c1ccccc1. The summed E-state index contributed by atoms with van der Waals surface area (Å²) >= 11 is 0. The second-order valence-electron chi connectivity index (χ2n) is 7.02. The molecule has 2 heterocycles. The fourth-order valence-electron chi connectivity index (χ4n) is 4.02. The Morgan fingerprint density at radius 1 is 0.966 bits per heavy atom. The van der Waals surface area contributed by atoms with Crippen molar-refractivity contribution in [3.8, 4) is 0 Å². The van der Waals surface area contributed by atoms with Crippen molar-refractivity contribution in [3.05, 3.63) is 71.8 Å². The molecular weight excluding hydrogens is 378 g/mol. The van der Waals surface area contributed by atoms with E-state index in [-0.39, 0.29) is 6.54 Å². The number of carbonyl (C=O) groups is 3. The summed E-state index contributed by atoms with van der Waals surface area (Å²) in [5, 5.41) is 19.0. The summed E-state index contributed by atoms with van der Waals surface area (Å²) in [6.07, 6.45) is -2.23. The van der Waals surface area contributed by atoms with E-state index in [2.05, 4.69) is 0 Å². The quantitative estimate of drug-likeness (QED) is 0.703. The van der Waals surface area contributed by atoms with Crippen LogP contribution < -0.4 is 0 Å². The summed E-state index contributed by atoms with van der Waals surface area (Å²) in [5.74, 6) is -4.49. The molecule has 0 aromatic heterocycles. The lowest BCUT2D eigenvalue weighted by Crippen LogP contribution is -2.61. The molecule has 0 amide bonds. The fraction of sp³-hybridized carbons (Fsp3) is 0.286. The number of benzene rings is 2. The number of nitrogens with zero attached hydrogens (tertiary/aromatic N) is 1. The van der Waals surface area contributed by atoms with Crippen LogP contribution in [0.5, 0.6) is 0 Å². The molecular formula is C21H19NO7. The van der Waals surface area contributed by atoms with Crippen molar-refractivity contribution in [2.24, 2.45) is 0 Å². The van der Waals surface area contributed by atoms with Crippen LogP contribution in [0.25, 0.3) is 0 Å². The summed E-state index contributed by atoms with van der Waals surface area (Å²) in [4.78, 5) is 38.2. The van der Waals surface area contributed by atoms with Gasteiger partial charge in [-0.05, 0) is 0 Å². The highest BCUT2D eigenvalue weighted by molar-refractivity contribution is 6.01. The van der Waals surface area contributed by atoms with Gasteiger partial charge in [0.25, 0.3) is 0 Å². The van der Waals surface area contributed by atoms with Crippen molar-refractivity contribution in [3.63, 3.8) is 0 Å². The third-order valence-corrected chi connectivity index (χ3v) is 5.17. The van der Waals surface area contributed by atoms with Gasteiger partial charge in [0.05, 0.1) is 6.54 Å². The predicted molar refractivity (Wildman–Crippen MR) is 99.3 cm³/mol. The number of morpholine rings is 1. The minimum atomic E-state index is -1.73. The van der Waals surface area contributed by atoms with Crippen LogP contribution in [-0.4, -0.2) is 64.2 Å². The van der Waals surface area contributed by atoms with Crippen LogP contribution in [-0.2, 0) is 24.8 Å². The fourth-order valence-corrected chi connectivity index (χ4v) is 4.02. The van der Waals surface area contributed by atoms with Gasteiger partial charge in [0.1, 0.15) is 12.1 Å². The van der Waals surface area contributed by atoms with E-state index < -0.39 is 48.3 Å². The lowest BCUT2D eigenvalue weighted by Gasteiger charge is -2.44. The maximum Gasteiger partial charge on any atom is 0.335 e. The van der Waals surface area contributed by atoms with E-state index >= 15 is 0 Å². The van der Waals surface area contributed by atoms with E-state index in [1.807, 2.05) is 0 Å². The molecule has 0 spiro atoms. The second-order valence-corrected chi connectivity index (χ2v) is 7.02. The number of ketones is 1. The molecule has 2 aliphatic heterocycles. The molecule has 2 aliphatic rings. The van der Waals surface area contributed by atoms with Crippen LogP contribution in [0.4, 0.5) is 0 Å². The molecule has 2 fully saturated rings. The first-order valence-corrected chi connectivity index (χ1v) is 9.11. The number of carbonyl (C=O) groups excluding carboxylic acids is 1. The molecule has 29 heavy (non-hydrogen) atoms. The molecule has 8 heteroatoms. The first kappa shape index (κ1) is 19.3. The lowest BCUT2D eigenvalue weighted by atomic mass is 9.89. The van der Waals surface area contributed by atoms with Gasteiger partial charge in [-0.1, -0.05) is 60.7 Å². The molecule has 4 atom stereocenters. The van der Waals surface area contributed by atoms with Gasteiger partial charge in [-0.15, -0.1) is 0 Å². The van der Waals surface area contributed by atoms with Gasteiger partial charge >= 0.3 is 11.9 Å². The molecule has 2 bridgehead atoms. The Bertz CT molecular complexity index is 933. The van der Waals surface area contributed by atoms with Crippen LogP contribution in [0.3, 0.4) is 0 Å². The normalized spacial score (nSPS) is 28.8. The first-order valence-electron chi connectivity index (χ1n) is 9.11. The van der Waals surface area contributed by atoms with Gasteiger partial charge in [-0.2, -0.15) is 0 Å². The maximum absolute atomic E-state index is 13.5. The highest BCUT2D eigenvalue weighted by Crippen LogP contribution is 2.47. The summed E-state index contributed by atoms with van der Waals surface area (Å²) in [5.41, 5.74) is 0.811. The van der Waals surface area contributed by atoms with Gasteiger partial charge in [0.15, 0.2) is 11.9 Å². The largest absolute Gasteiger partial charge is 0.480 e. The van der Waals surface area contributed by atoms with Crippen LogP contribution in [0.2, 0.25) is 0 Å². The van der Waals surface area contributed by atoms with E-state index in [1.54, 1.807) is 60.7 Å². The molecule has 4 rings (SSSR count). The molecule has 0 radical (unpaired) electrons. The van der Waals surface area contributed by atoms with Crippen molar-refractivity contribution >= 4 is 17.7 Å². The monoisotopic (exact) mass is 397 g/mol. The minimum absolute atomic E-state index is 0.0545. The van der Waals surface area contributed by atoms with Gasteiger partial charge < -0.3 is 19.7 Å². The van der Waals surface area contributed by atoms with Gasteiger partial charge in [-0.25, -0.2) is 4.79 Å². The van der Waals surface area contributed by atoms with Crippen molar-refractivity contribution in [1.29, 1.82) is 0 Å². The van der Waals surface area contributed by atoms with Gasteiger partial charge in [0, 0.05) is 17.7 Å². The molecule has 2 N–H and O–H groups in total. The van der Waals surface area contributed by atoms with Crippen molar-refractivity contribution < 1.29 is 34.1 Å². The Hall–Kier alpha value is -3.07. The standard InChI is InChI=1S/C21H19NO7/c23-16(24)12-22-11-15-18(20(26)27)29-21(28-15,14-9-5-2-6-10-14)19(22)17(25)13-7-3-1-4-8-13/h1-10,15,18-19H,11-12H2,(H,23,24)(H,26,27). The number of carboxylic acids is 2. The van der Waals surface area contributed by atoms with E-state index in [0.717, 1.165) is 0 Å². The van der Waals surface area contributed by atoms with E-state index in [4.69, 9.17) is 9.47 Å². The third kappa shape index (κ3) is 3.31. The topological polar surface area (TPSA) is 113 Å². The van der Waals surface area contributed by atoms with Crippen molar-refractivity contribution in [1.82, 2.24) is 4.90 Å². The average Bonchev–Trinajstić information content (AvgIpc) is 3.03. The van der Waals surface area contributed by atoms with Crippen molar-refractivity contribution in [2.45, 2.75) is 24.0 Å².